The first-order chi connectivity index (χ1) is 21.2. The Bertz CT molecular complexity index is 1550. The van der Waals surface area contributed by atoms with E-state index in [4.69, 9.17) is 18.6 Å². The number of nitrogens with zero attached hydrogens (tertiary/aromatic N) is 2. The summed E-state index contributed by atoms with van der Waals surface area (Å²) in [5.74, 6) is 1.73. The second-order valence-corrected chi connectivity index (χ2v) is 20.0. The molecule has 1 aliphatic rings. The van der Waals surface area contributed by atoms with Gasteiger partial charge >= 0.3 is 0 Å². The van der Waals surface area contributed by atoms with Gasteiger partial charge in [0, 0.05) is 36.6 Å². The molecule has 1 aromatic carbocycles. The highest BCUT2D eigenvalue weighted by molar-refractivity contribution is 7.90. The quantitative estimate of drug-likeness (QED) is 0.166. The first kappa shape index (κ1) is 34.6. The molecule has 0 saturated carbocycles. The van der Waals surface area contributed by atoms with Crippen LogP contribution in [0.15, 0.2) is 58.7 Å². The molecule has 1 aliphatic heterocycles. The number of aromatic nitrogens is 2. The molecule has 0 spiro atoms. The lowest BCUT2D eigenvalue weighted by Gasteiger charge is -2.42. The molecule has 0 fully saturated rings. The predicted molar refractivity (Wildman–Crippen MR) is 178 cm³/mol. The van der Waals surface area contributed by atoms with Gasteiger partial charge in [0.2, 0.25) is 5.90 Å². The van der Waals surface area contributed by atoms with Gasteiger partial charge < -0.3 is 23.6 Å². The standard InChI is InChI=1S/C33H46FN3O6SSi/c1-21(2)45(22(3)4,23(5)6)40-14-13-27-20-36-33(43-27)31-11-10-30(37-31)25-15-28(41-24(7)18-34)17-29(16-25)42-26-9-12-32(35-19-26)44(8,38)39/h9-12,15-17,19,21-24,27,37H,13-14,18,20H2,1-8H3/t24-,27-/m0/s1. The molecular formula is C33H46FN3O6SSi. The van der Waals surface area contributed by atoms with Gasteiger partial charge in [-0.3, -0.25) is 0 Å². The van der Waals surface area contributed by atoms with Gasteiger partial charge in [0.05, 0.1) is 12.7 Å². The van der Waals surface area contributed by atoms with Gasteiger partial charge in [-0.05, 0) is 59.9 Å². The number of aliphatic imine (C=N–C) groups is 1. The molecular weight excluding hydrogens is 614 g/mol. The van der Waals surface area contributed by atoms with E-state index in [0.29, 0.717) is 52.9 Å². The van der Waals surface area contributed by atoms with Crippen molar-refractivity contribution in [1.29, 1.82) is 0 Å². The summed E-state index contributed by atoms with van der Waals surface area (Å²) in [6.07, 6.45) is 2.50. The summed E-state index contributed by atoms with van der Waals surface area (Å²) in [7, 11) is -5.38. The highest BCUT2D eigenvalue weighted by Gasteiger charge is 2.45. The number of nitrogens with one attached hydrogen (secondary N) is 1. The van der Waals surface area contributed by atoms with Gasteiger partial charge in [-0.1, -0.05) is 41.5 Å². The molecule has 0 aliphatic carbocycles. The van der Waals surface area contributed by atoms with Crippen LogP contribution in [0, 0.1) is 0 Å². The van der Waals surface area contributed by atoms with Gasteiger partial charge in [0.1, 0.15) is 41.8 Å². The molecule has 45 heavy (non-hydrogen) atoms. The van der Waals surface area contributed by atoms with Crippen LogP contribution in [0.4, 0.5) is 4.39 Å². The molecule has 12 heteroatoms. The number of sulfone groups is 1. The van der Waals surface area contributed by atoms with Crippen LogP contribution in [0.5, 0.6) is 17.2 Å². The highest BCUT2D eigenvalue weighted by Crippen LogP contribution is 2.42. The van der Waals surface area contributed by atoms with Crippen molar-refractivity contribution in [2.24, 2.45) is 4.99 Å². The summed E-state index contributed by atoms with van der Waals surface area (Å²) >= 11 is 0. The number of pyridine rings is 1. The van der Waals surface area contributed by atoms with E-state index in [9.17, 15) is 12.8 Å². The molecule has 0 saturated heterocycles. The average molecular weight is 660 g/mol. The van der Waals surface area contributed by atoms with Gasteiger partial charge in [0.15, 0.2) is 23.2 Å². The fraction of sp³-hybridized carbons (Fsp3) is 0.515. The van der Waals surface area contributed by atoms with E-state index in [2.05, 4.69) is 56.5 Å². The van der Waals surface area contributed by atoms with Gasteiger partial charge in [-0.15, -0.1) is 0 Å². The maximum absolute atomic E-state index is 13.3. The van der Waals surface area contributed by atoms with Gasteiger partial charge in [-0.2, -0.15) is 0 Å². The molecule has 2 atom stereocenters. The van der Waals surface area contributed by atoms with Crippen LogP contribution in [-0.4, -0.2) is 70.9 Å². The molecule has 0 unspecified atom stereocenters. The molecule has 3 heterocycles. The van der Waals surface area contributed by atoms with E-state index in [0.717, 1.165) is 29.6 Å². The second-order valence-electron chi connectivity index (χ2n) is 12.6. The fourth-order valence-corrected chi connectivity index (χ4v) is 12.2. The minimum absolute atomic E-state index is 0.0493. The number of benzene rings is 1. The summed E-state index contributed by atoms with van der Waals surface area (Å²) in [5, 5.41) is -0.0493. The van der Waals surface area contributed by atoms with E-state index in [1.165, 1.54) is 18.3 Å². The number of ether oxygens (including phenoxy) is 3. The lowest BCUT2D eigenvalue weighted by atomic mass is 10.1. The SMILES string of the molecule is CC(C)[Si](OCC[C@H]1CN=C(c2ccc(-c3cc(Oc4ccc(S(C)(=O)=O)nc4)cc(O[C@@H](C)CF)c3)[nH]2)O1)(C(C)C)C(C)C. The number of hydrogen-bond donors (Lipinski definition) is 1. The minimum atomic E-state index is -3.44. The van der Waals surface area contributed by atoms with Gasteiger partial charge in [-0.25, -0.2) is 22.8 Å². The van der Waals surface area contributed by atoms with Crippen LogP contribution in [0.2, 0.25) is 16.6 Å². The third-order valence-corrected chi connectivity index (χ3v) is 15.3. The smallest absolute Gasteiger partial charge is 0.233 e. The first-order valence-corrected chi connectivity index (χ1v) is 19.5. The second kappa shape index (κ2) is 14.5. The number of hydrogen-bond acceptors (Lipinski definition) is 8. The maximum atomic E-state index is 13.3. The lowest BCUT2D eigenvalue weighted by molar-refractivity contribution is 0.169. The van der Waals surface area contributed by atoms with E-state index < -0.39 is 30.9 Å². The Hall–Kier alpha value is -3.22. The molecule has 0 bridgehead atoms. The lowest BCUT2D eigenvalue weighted by Crippen LogP contribution is -2.48. The molecule has 1 N–H and O–H groups in total. The minimum Gasteiger partial charge on any atom is -0.488 e. The van der Waals surface area contributed by atoms with Crippen molar-refractivity contribution in [3.63, 3.8) is 0 Å². The fourth-order valence-electron chi connectivity index (χ4n) is 6.17. The Morgan fingerprint density at radius 3 is 2.22 bits per heavy atom. The molecule has 246 valence electrons. The average Bonchev–Trinajstić information content (AvgIpc) is 3.64. The zero-order valence-electron chi connectivity index (χ0n) is 27.5. The van der Waals surface area contributed by atoms with Crippen LogP contribution < -0.4 is 9.47 Å². The van der Waals surface area contributed by atoms with Crippen molar-refractivity contribution in [2.75, 3.05) is 26.1 Å². The molecule has 0 amide bonds. The third kappa shape index (κ3) is 8.33. The Morgan fingerprint density at radius 1 is 0.956 bits per heavy atom. The maximum Gasteiger partial charge on any atom is 0.233 e. The van der Waals surface area contributed by atoms with Crippen molar-refractivity contribution in [3.05, 3.63) is 54.4 Å². The number of rotatable bonds is 15. The molecule has 3 aromatic rings. The summed E-state index contributed by atoms with van der Waals surface area (Å²) in [5.41, 5.74) is 3.82. The van der Waals surface area contributed by atoms with E-state index in [1.54, 1.807) is 25.1 Å². The van der Waals surface area contributed by atoms with Crippen molar-refractivity contribution >= 4 is 24.1 Å². The molecule has 2 aromatic heterocycles. The zero-order valence-corrected chi connectivity index (χ0v) is 29.3. The number of halogens is 1. The van der Waals surface area contributed by atoms with Crippen LogP contribution in [0.3, 0.4) is 0 Å². The number of aromatic amines is 1. The van der Waals surface area contributed by atoms with Crippen LogP contribution in [0.1, 0.15) is 60.6 Å². The first-order valence-electron chi connectivity index (χ1n) is 15.5. The summed E-state index contributed by atoms with van der Waals surface area (Å²) in [6, 6.07) is 12.0. The highest BCUT2D eigenvalue weighted by atomic mass is 32.2. The Labute approximate surface area is 267 Å². The van der Waals surface area contributed by atoms with E-state index in [-0.39, 0.29) is 11.1 Å². The monoisotopic (exact) mass is 659 g/mol. The van der Waals surface area contributed by atoms with Crippen molar-refractivity contribution in [2.45, 2.75) is 88.7 Å². The topological polar surface area (TPSA) is 112 Å². The summed E-state index contributed by atoms with van der Waals surface area (Å²) in [6.45, 7) is 15.9. The molecule has 0 radical (unpaired) electrons. The molecule has 4 rings (SSSR count). The Morgan fingerprint density at radius 2 is 1.62 bits per heavy atom. The number of alkyl halides is 1. The van der Waals surface area contributed by atoms with Gasteiger partial charge in [0.25, 0.3) is 0 Å². The Kier molecular flexibility index (Phi) is 11.1. The van der Waals surface area contributed by atoms with Crippen molar-refractivity contribution in [3.8, 4) is 28.5 Å². The zero-order chi connectivity index (χ0) is 32.9. The third-order valence-electron chi connectivity index (χ3n) is 8.20. The largest absolute Gasteiger partial charge is 0.488 e. The van der Waals surface area contributed by atoms with Crippen molar-refractivity contribution in [1.82, 2.24) is 9.97 Å². The van der Waals surface area contributed by atoms with E-state index in [1.807, 2.05) is 12.1 Å². The predicted octanol–water partition coefficient (Wildman–Crippen LogP) is 7.74. The van der Waals surface area contributed by atoms with Crippen LogP contribution in [-0.2, 0) is 19.0 Å². The van der Waals surface area contributed by atoms with Crippen LogP contribution in [0.25, 0.3) is 11.3 Å². The summed E-state index contributed by atoms with van der Waals surface area (Å²) in [4.78, 5) is 12.0. The summed E-state index contributed by atoms with van der Waals surface area (Å²) < 4.78 is 61.5. The van der Waals surface area contributed by atoms with Crippen LogP contribution >= 0.6 is 0 Å². The van der Waals surface area contributed by atoms with Crippen molar-refractivity contribution < 1.29 is 31.4 Å². The van der Waals surface area contributed by atoms with E-state index >= 15 is 0 Å². The number of H-pyrrole nitrogens is 1. The molecule has 9 nitrogen and oxygen atoms in total. The Balaban J connectivity index is 1.47. The normalized spacial score (nSPS) is 16.3.